The van der Waals surface area contributed by atoms with Crippen molar-refractivity contribution in [3.05, 3.63) is 0 Å². The molecule has 1 unspecified atom stereocenters. The molecule has 0 aliphatic rings. The van der Waals surface area contributed by atoms with Gasteiger partial charge in [0.1, 0.15) is 5.54 Å². The van der Waals surface area contributed by atoms with E-state index in [2.05, 4.69) is 12.2 Å². The van der Waals surface area contributed by atoms with Crippen molar-refractivity contribution in [3.8, 4) is 0 Å². The van der Waals surface area contributed by atoms with E-state index in [9.17, 15) is 9.59 Å². The average molecular weight is 243 g/mol. The van der Waals surface area contributed by atoms with Gasteiger partial charge in [-0.1, -0.05) is 33.1 Å². The molecule has 4 heteroatoms. The minimum atomic E-state index is -0.827. The summed E-state index contributed by atoms with van der Waals surface area (Å²) in [5.41, 5.74) is -0.827. The van der Waals surface area contributed by atoms with Gasteiger partial charge >= 0.3 is 5.97 Å². The number of hydrogen-bond acceptors (Lipinski definition) is 3. The Morgan fingerprint density at radius 1 is 1.12 bits per heavy atom. The predicted octanol–water partition coefficient (Wildman–Crippen LogP) is 2.41. The zero-order valence-corrected chi connectivity index (χ0v) is 11.5. The van der Waals surface area contributed by atoms with Gasteiger partial charge < -0.3 is 10.1 Å². The summed E-state index contributed by atoms with van der Waals surface area (Å²) in [5, 5.41) is 2.80. The minimum Gasteiger partial charge on any atom is -0.464 e. The second-order valence-electron chi connectivity index (χ2n) is 4.34. The summed E-state index contributed by atoms with van der Waals surface area (Å²) in [7, 11) is 0. The first-order valence-electron chi connectivity index (χ1n) is 6.48. The van der Waals surface area contributed by atoms with Crippen LogP contribution in [0.4, 0.5) is 0 Å². The molecule has 0 radical (unpaired) electrons. The molecule has 0 heterocycles. The largest absolute Gasteiger partial charge is 0.464 e. The molecule has 0 saturated heterocycles. The minimum absolute atomic E-state index is 0.178. The number of rotatable bonds is 8. The highest BCUT2D eigenvalue weighted by Gasteiger charge is 2.39. The van der Waals surface area contributed by atoms with Gasteiger partial charge in [-0.05, 0) is 19.8 Å². The maximum Gasteiger partial charge on any atom is 0.331 e. The second-order valence-corrected chi connectivity index (χ2v) is 4.34. The molecular formula is C13H25NO3. The predicted molar refractivity (Wildman–Crippen MR) is 67.6 cm³/mol. The lowest BCUT2D eigenvalue weighted by Crippen LogP contribution is -2.54. The first-order chi connectivity index (χ1) is 8.02. The summed E-state index contributed by atoms with van der Waals surface area (Å²) < 4.78 is 5.10. The van der Waals surface area contributed by atoms with Crippen LogP contribution in [0, 0.1) is 0 Å². The summed E-state index contributed by atoms with van der Waals surface area (Å²) >= 11 is 0. The van der Waals surface area contributed by atoms with E-state index < -0.39 is 5.54 Å². The Hall–Kier alpha value is -1.06. The van der Waals surface area contributed by atoms with Gasteiger partial charge in [-0.3, -0.25) is 4.79 Å². The fraction of sp³-hybridized carbons (Fsp3) is 0.846. The number of esters is 1. The zero-order valence-electron chi connectivity index (χ0n) is 11.5. The van der Waals surface area contributed by atoms with Crippen molar-refractivity contribution in [2.24, 2.45) is 0 Å². The Balaban J connectivity index is 4.91. The number of carbonyl (C=O) groups excluding carboxylic acids is 2. The monoisotopic (exact) mass is 243 g/mol. The number of unbranched alkanes of at least 4 members (excludes halogenated alkanes) is 1. The fourth-order valence-corrected chi connectivity index (χ4v) is 2.02. The summed E-state index contributed by atoms with van der Waals surface area (Å²) in [6, 6.07) is 0. The number of amides is 1. The molecule has 0 rings (SSSR count). The average Bonchev–Trinajstić information content (AvgIpc) is 2.25. The van der Waals surface area contributed by atoms with Gasteiger partial charge in [0.05, 0.1) is 6.61 Å². The smallest absolute Gasteiger partial charge is 0.331 e. The lowest BCUT2D eigenvalue weighted by atomic mass is 9.87. The highest BCUT2D eigenvalue weighted by Crippen LogP contribution is 2.22. The van der Waals surface area contributed by atoms with Gasteiger partial charge in [0.15, 0.2) is 0 Å². The fourth-order valence-electron chi connectivity index (χ4n) is 2.02. The Morgan fingerprint density at radius 2 is 1.76 bits per heavy atom. The number of ether oxygens (including phenoxy) is 1. The van der Waals surface area contributed by atoms with Crippen molar-refractivity contribution >= 4 is 11.9 Å². The van der Waals surface area contributed by atoms with E-state index in [0.717, 1.165) is 19.3 Å². The Kier molecular flexibility index (Phi) is 7.59. The maximum atomic E-state index is 12.1. The topological polar surface area (TPSA) is 55.4 Å². The molecule has 1 amide bonds. The third-order valence-corrected chi connectivity index (χ3v) is 2.72. The third-order valence-electron chi connectivity index (χ3n) is 2.72. The van der Waals surface area contributed by atoms with E-state index in [-0.39, 0.29) is 11.9 Å². The molecule has 0 aromatic heterocycles. The normalized spacial score (nSPS) is 13.9. The van der Waals surface area contributed by atoms with Crippen LogP contribution in [0.15, 0.2) is 0 Å². The molecule has 0 fully saturated rings. The first-order valence-corrected chi connectivity index (χ1v) is 6.48. The molecule has 17 heavy (non-hydrogen) atoms. The van der Waals surface area contributed by atoms with Crippen molar-refractivity contribution in [1.29, 1.82) is 0 Å². The second kappa shape index (κ2) is 8.09. The van der Waals surface area contributed by atoms with Crippen molar-refractivity contribution in [3.63, 3.8) is 0 Å². The van der Waals surface area contributed by atoms with Gasteiger partial charge in [-0.2, -0.15) is 0 Å². The highest BCUT2D eigenvalue weighted by molar-refractivity contribution is 5.87. The van der Waals surface area contributed by atoms with Gasteiger partial charge in [0.2, 0.25) is 5.91 Å². The van der Waals surface area contributed by atoms with Crippen LogP contribution < -0.4 is 5.32 Å². The van der Waals surface area contributed by atoms with Gasteiger partial charge in [-0.25, -0.2) is 4.79 Å². The molecule has 0 aliphatic carbocycles. The molecule has 0 aliphatic heterocycles. The molecule has 0 saturated carbocycles. The van der Waals surface area contributed by atoms with Crippen LogP contribution >= 0.6 is 0 Å². The molecule has 0 spiro atoms. The van der Waals surface area contributed by atoms with E-state index in [1.807, 2.05) is 6.92 Å². The third kappa shape index (κ3) is 5.20. The Bertz CT molecular complexity index is 253. The molecule has 0 bridgehead atoms. The Morgan fingerprint density at radius 3 is 2.18 bits per heavy atom. The van der Waals surface area contributed by atoms with Crippen molar-refractivity contribution < 1.29 is 14.3 Å². The van der Waals surface area contributed by atoms with Crippen LogP contribution in [0.3, 0.4) is 0 Å². The van der Waals surface area contributed by atoms with Crippen molar-refractivity contribution in [2.45, 2.75) is 65.3 Å². The lowest BCUT2D eigenvalue weighted by Gasteiger charge is -2.31. The van der Waals surface area contributed by atoms with Gasteiger partial charge in [-0.15, -0.1) is 0 Å². The van der Waals surface area contributed by atoms with Gasteiger partial charge in [0, 0.05) is 6.92 Å². The van der Waals surface area contributed by atoms with Crippen LogP contribution in [0.5, 0.6) is 0 Å². The van der Waals surface area contributed by atoms with Crippen LogP contribution in [-0.2, 0) is 14.3 Å². The first kappa shape index (κ1) is 15.9. The van der Waals surface area contributed by atoms with Crippen molar-refractivity contribution in [2.75, 3.05) is 6.61 Å². The quantitative estimate of drug-likeness (QED) is 0.666. The van der Waals surface area contributed by atoms with E-state index in [4.69, 9.17) is 4.74 Å². The number of carbonyl (C=O) groups is 2. The molecule has 1 atom stereocenters. The molecule has 0 aromatic carbocycles. The number of hydrogen-bond donors (Lipinski definition) is 1. The highest BCUT2D eigenvalue weighted by atomic mass is 16.5. The molecule has 100 valence electrons. The van der Waals surface area contributed by atoms with Gasteiger partial charge in [0.25, 0.3) is 0 Å². The van der Waals surface area contributed by atoms with Crippen LogP contribution in [0.2, 0.25) is 0 Å². The molecule has 4 nitrogen and oxygen atoms in total. The SMILES string of the molecule is CCCCC(CCC)(NC(C)=O)C(=O)OCC. The van der Waals surface area contributed by atoms with E-state index >= 15 is 0 Å². The summed E-state index contributed by atoms with van der Waals surface area (Å²) in [4.78, 5) is 23.3. The van der Waals surface area contributed by atoms with E-state index in [0.29, 0.717) is 19.4 Å². The van der Waals surface area contributed by atoms with E-state index in [1.54, 1.807) is 6.92 Å². The summed E-state index contributed by atoms with van der Waals surface area (Å²) in [5.74, 6) is -0.479. The van der Waals surface area contributed by atoms with E-state index in [1.165, 1.54) is 6.92 Å². The van der Waals surface area contributed by atoms with Crippen molar-refractivity contribution in [1.82, 2.24) is 5.32 Å². The summed E-state index contributed by atoms with van der Waals surface area (Å²) in [6.45, 7) is 7.63. The Labute approximate surface area is 104 Å². The van der Waals surface area contributed by atoms with Crippen LogP contribution in [0.25, 0.3) is 0 Å². The summed E-state index contributed by atoms with van der Waals surface area (Å²) in [6.07, 6.45) is 4.01. The lowest BCUT2D eigenvalue weighted by molar-refractivity contribution is -0.154. The standard InChI is InChI=1S/C13H25NO3/c1-5-8-10-13(9-6-2,14-11(4)15)12(16)17-7-3/h5-10H2,1-4H3,(H,14,15). The molecule has 0 aromatic rings. The molecular weight excluding hydrogens is 218 g/mol. The van der Waals surface area contributed by atoms with Crippen LogP contribution in [-0.4, -0.2) is 24.0 Å². The zero-order chi connectivity index (χ0) is 13.3. The molecule has 1 N–H and O–H groups in total. The van der Waals surface area contributed by atoms with Crippen LogP contribution in [0.1, 0.15) is 59.8 Å². The maximum absolute atomic E-state index is 12.1. The number of nitrogens with one attached hydrogen (secondary N) is 1.